The molecule has 0 saturated carbocycles. The first-order chi connectivity index (χ1) is 8.97. The lowest BCUT2D eigenvalue weighted by Gasteiger charge is -2.10. The van der Waals surface area contributed by atoms with Crippen LogP contribution in [0.25, 0.3) is 0 Å². The fraction of sp³-hybridized carbons (Fsp3) is 0. The van der Waals surface area contributed by atoms with E-state index in [1.165, 1.54) is 6.07 Å². The smallest absolute Gasteiger partial charge is 0.125 e. The Balaban J connectivity index is 2.25. The van der Waals surface area contributed by atoms with Crippen molar-refractivity contribution in [1.29, 1.82) is 0 Å². The molecule has 0 atom stereocenters. The normalized spacial score (nSPS) is 10.3. The van der Waals surface area contributed by atoms with Gasteiger partial charge in [-0.1, -0.05) is 47.0 Å². The van der Waals surface area contributed by atoms with Gasteiger partial charge in [0, 0.05) is 10.7 Å². The summed E-state index contributed by atoms with van der Waals surface area (Å²) >= 11 is 22.8. The Morgan fingerprint density at radius 2 is 1.74 bits per heavy atom. The summed E-state index contributed by atoms with van der Waals surface area (Å²) in [4.78, 5) is 0.346. The molecular weight excluding hydrogens is 325 g/mol. The van der Waals surface area contributed by atoms with Gasteiger partial charge in [0.25, 0.3) is 0 Å². The van der Waals surface area contributed by atoms with Gasteiger partial charge in [-0.3, -0.25) is 0 Å². The number of hydrogen-bond donors (Lipinski definition) is 2. The van der Waals surface area contributed by atoms with E-state index in [-0.39, 0.29) is 5.75 Å². The molecular formula is C13H8Cl3NOS. The largest absolute Gasteiger partial charge is 0.507 e. The van der Waals surface area contributed by atoms with E-state index in [4.69, 9.17) is 47.0 Å². The van der Waals surface area contributed by atoms with Gasteiger partial charge in [0.1, 0.15) is 10.7 Å². The summed E-state index contributed by atoms with van der Waals surface area (Å²) in [6.07, 6.45) is 0. The van der Waals surface area contributed by atoms with Gasteiger partial charge in [-0.2, -0.15) is 0 Å². The van der Waals surface area contributed by atoms with E-state index in [0.717, 1.165) is 0 Å². The van der Waals surface area contributed by atoms with E-state index >= 15 is 0 Å². The molecule has 2 N–H and O–H groups in total. The van der Waals surface area contributed by atoms with Crippen LogP contribution in [0, 0.1) is 0 Å². The topological polar surface area (TPSA) is 32.3 Å². The van der Waals surface area contributed by atoms with E-state index in [1.807, 2.05) is 0 Å². The molecule has 98 valence electrons. The summed E-state index contributed by atoms with van der Waals surface area (Å²) in [5.41, 5.74) is 1.13. The standard InChI is InChI=1S/C13H8Cl3NOS/c14-7-1-4-12(18)9(5-7)13(19)17-8-2-3-10(15)11(16)6-8/h1-6,18H,(H,17,19). The second-order valence-electron chi connectivity index (χ2n) is 3.74. The molecule has 0 unspecified atom stereocenters. The summed E-state index contributed by atoms with van der Waals surface area (Å²) in [5.74, 6) is 0.0574. The third-order valence-corrected chi connectivity index (χ3v) is 3.68. The molecule has 0 bridgehead atoms. The zero-order chi connectivity index (χ0) is 14.0. The van der Waals surface area contributed by atoms with Gasteiger partial charge in [-0.05, 0) is 36.4 Å². The van der Waals surface area contributed by atoms with E-state index in [2.05, 4.69) is 5.32 Å². The van der Waals surface area contributed by atoms with E-state index in [1.54, 1.807) is 30.3 Å². The molecule has 0 fully saturated rings. The zero-order valence-electron chi connectivity index (χ0n) is 9.45. The molecule has 0 aromatic heterocycles. The molecule has 0 radical (unpaired) electrons. The molecule has 0 spiro atoms. The van der Waals surface area contributed by atoms with Gasteiger partial charge < -0.3 is 10.4 Å². The third-order valence-electron chi connectivity index (χ3n) is 2.38. The average molecular weight is 333 g/mol. The Hall–Kier alpha value is -1.000. The van der Waals surface area contributed by atoms with Gasteiger partial charge >= 0.3 is 0 Å². The SMILES string of the molecule is Oc1ccc(Cl)cc1C(=S)Nc1ccc(Cl)c(Cl)c1. The highest BCUT2D eigenvalue weighted by atomic mass is 35.5. The molecule has 0 amide bonds. The van der Waals surface area contributed by atoms with Crippen LogP contribution in [0.4, 0.5) is 5.69 Å². The number of phenols is 1. The van der Waals surface area contributed by atoms with Crippen LogP contribution in [-0.4, -0.2) is 10.1 Å². The summed E-state index contributed by atoms with van der Waals surface area (Å²) in [6, 6.07) is 9.71. The molecule has 0 aliphatic carbocycles. The molecule has 6 heteroatoms. The Kier molecular flexibility index (Phi) is 4.53. The zero-order valence-corrected chi connectivity index (χ0v) is 12.5. The van der Waals surface area contributed by atoms with Crippen LogP contribution < -0.4 is 5.32 Å². The highest BCUT2D eigenvalue weighted by Crippen LogP contribution is 2.27. The highest BCUT2D eigenvalue weighted by Gasteiger charge is 2.09. The predicted octanol–water partition coefficient (Wildman–Crippen LogP) is 5.14. The Bertz CT molecular complexity index is 646. The molecule has 0 aliphatic heterocycles. The number of rotatable bonds is 2. The van der Waals surface area contributed by atoms with Crippen LogP contribution >= 0.6 is 47.0 Å². The molecule has 0 aliphatic rings. The molecule has 19 heavy (non-hydrogen) atoms. The number of halogens is 3. The molecule has 2 nitrogen and oxygen atoms in total. The molecule has 2 aromatic rings. The summed E-state index contributed by atoms with van der Waals surface area (Å²) in [7, 11) is 0. The van der Waals surface area contributed by atoms with Crippen molar-refractivity contribution in [2.45, 2.75) is 0 Å². The quantitative estimate of drug-likeness (QED) is 0.747. The van der Waals surface area contributed by atoms with Crippen LogP contribution in [0.2, 0.25) is 15.1 Å². The highest BCUT2D eigenvalue weighted by molar-refractivity contribution is 7.81. The second-order valence-corrected chi connectivity index (χ2v) is 5.40. The maximum atomic E-state index is 9.75. The van der Waals surface area contributed by atoms with Gasteiger partial charge in [0.15, 0.2) is 0 Å². The van der Waals surface area contributed by atoms with Crippen LogP contribution in [0.1, 0.15) is 5.56 Å². The van der Waals surface area contributed by atoms with Gasteiger partial charge in [0.2, 0.25) is 0 Å². The lowest BCUT2D eigenvalue weighted by Crippen LogP contribution is -2.10. The second kappa shape index (κ2) is 5.97. The van der Waals surface area contributed by atoms with Gasteiger partial charge in [0.05, 0.1) is 15.6 Å². The summed E-state index contributed by atoms with van der Waals surface area (Å²) in [5, 5.41) is 14.1. The average Bonchev–Trinajstić information content (AvgIpc) is 2.36. The Morgan fingerprint density at radius 3 is 2.42 bits per heavy atom. The van der Waals surface area contributed by atoms with Crippen LogP contribution in [0.5, 0.6) is 5.75 Å². The first-order valence-corrected chi connectivity index (χ1v) is 6.76. The molecule has 0 saturated heterocycles. The lowest BCUT2D eigenvalue weighted by atomic mass is 10.2. The number of phenolic OH excluding ortho intramolecular Hbond substituents is 1. The van der Waals surface area contributed by atoms with Crippen molar-refractivity contribution < 1.29 is 5.11 Å². The van der Waals surface area contributed by atoms with Crippen molar-refractivity contribution >= 4 is 57.7 Å². The summed E-state index contributed by atoms with van der Waals surface area (Å²) < 4.78 is 0. The van der Waals surface area contributed by atoms with Crippen LogP contribution in [0.3, 0.4) is 0 Å². The number of nitrogens with one attached hydrogen (secondary N) is 1. The van der Waals surface area contributed by atoms with E-state index in [9.17, 15) is 5.11 Å². The Labute approximate surface area is 130 Å². The molecule has 0 heterocycles. The summed E-state index contributed by atoms with van der Waals surface area (Å²) in [6.45, 7) is 0. The predicted molar refractivity (Wildman–Crippen MR) is 84.9 cm³/mol. The first-order valence-electron chi connectivity index (χ1n) is 5.22. The number of aromatic hydroxyl groups is 1. The molecule has 2 aromatic carbocycles. The minimum Gasteiger partial charge on any atom is -0.507 e. The maximum absolute atomic E-state index is 9.75. The number of hydrogen-bond acceptors (Lipinski definition) is 2. The third kappa shape index (κ3) is 3.51. The van der Waals surface area contributed by atoms with E-state index < -0.39 is 0 Å². The number of anilines is 1. The minimum atomic E-state index is 0.0574. The maximum Gasteiger partial charge on any atom is 0.125 e. The fourth-order valence-electron chi connectivity index (χ4n) is 1.46. The molecule has 2 rings (SSSR count). The number of thiocarbonyl (C=S) groups is 1. The van der Waals surface area contributed by atoms with Gasteiger partial charge in [-0.15, -0.1) is 0 Å². The van der Waals surface area contributed by atoms with Crippen molar-refractivity contribution in [3.63, 3.8) is 0 Å². The Morgan fingerprint density at radius 1 is 1.00 bits per heavy atom. The van der Waals surface area contributed by atoms with Crippen molar-refractivity contribution in [3.05, 3.63) is 57.0 Å². The minimum absolute atomic E-state index is 0.0574. The monoisotopic (exact) mass is 331 g/mol. The van der Waals surface area contributed by atoms with Crippen LogP contribution in [-0.2, 0) is 0 Å². The van der Waals surface area contributed by atoms with Crippen molar-refractivity contribution in [2.24, 2.45) is 0 Å². The number of benzene rings is 2. The van der Waals surface area contributed by atoms with Crippen molar-refractivity contribution in [3.8, 4) is 5.75 Å². The van der Waals surface area contributed by atoms with Crippen LogP contribution in [0.15, 0.2) is 36.4 Å². The van der Waals surface area contributed by atoms with Crippen molar-refractivity contribution in [2.75, 3.05) is 5.32 Å². The van der Waals surface area contributed by atoms with E-state index in [0.29, 0.717) is 31.3 Å². The van der Waals surface area contributed by atoms with Gasteiger partial charge in [-0.25, -0.2) is 0 Å². The fourth-order valence-corrected chi connectivity index (χ4v) is 2.21. The lowest BCUT2D eigenvalue weighted by molar-refractivity contribution is 0.474. The first kappa shape index (κ1) is 14.4. The van der Waals surface area contributed by atoms with Crippen molar-refractivity contribution in [1.82, 2.24) is 0 Å².